The van der Waals surface area contributed by atoms with E-state index in [9.17, 15) is 4.79 Å². The van der Waals surface area contributed by atoms with E-state index in [0.717, 1.165) is 33.5 Å². The fraction of sp³-hybridized carbons (Fsp3) is 0.129. The molecule has 200 valence electrons. The SMILES string of the molecule is O=C(CCN1C(=S)N[C@H](c2ccccn2)[C@@H]1c1cccn1-c1ccc(Cl)cc1Cl)Nc1cccc2ccccc12. The minimum atomic E-state index is -0.241. The normalized spacial score (nSPS) is 16.8. The Morgan fingerprint density at radius 3 is 2.62 bits per heavy atom. The Kier molecular flexibility index (Phi) is 7.43. The van der Waals surface area contributed by atoms with E-state index in [1.807, 2.05) is 95.7 Å². The van der Waals surface area contributed by atoms with Crippen LogP contribution in [0.5, 0.6) is 0 Å². The van der Waals surface area contributed by atoms with Crippen molar-refractivity contribution in [3.63, 3.8) is 0 Å². The molecule has 3 heterocycles. The Morgan fingerprint density at radius 2 is 1.80 bits per heavy atom. The maximum Gasteiger partial charge on any atom is 0.226 e. The van der Waals surface area contributed by atoms with Crippen molar-refractivity contribution in [2.45, 2.75) is 18.5 Å². The molecule has 2 N–H and O–H groups in total. The van der Waals surface area contributed by atoms with E-state index in [2.05, 4.69) is 20.5 Å². The van der Waals surface area contributed by atoms with Crippen LogP contribution < -0.4 is 10.6 Å². The van der Waals surface area contributed by atoms with Gasteiger partial charge in [0.25, 0.3) is 0 Å². The molecule has 2 aromatic heterocycles. The third-order valence-corrected chi connectivity index (χ3v) is 7.98. The smallest absolute Gasteiger partial charge is 0.226 e. The molecule has 1 amide bonds. The monoisotopic (exact) mass is 585 g/mol. The van der Waals surface area contributed by atoms with Gasteiger partial charge in [0.05, 0.1) is 28.5 Å². The predicted molar refractivity (Wildman–Crippen MR) is 165 cm³/mol. The Bertz CT molecular complexity index is 1700. The molecule has 9 heteroatoms. The van der Waals surface area contributed by atoms with E-state index >= 15 is 0 Å². The van der Waals surface area contributed by atoms with Crippen LogP contribution in [0.4, 0.5) is 5.69 Å². The number of hydrogen-bond donors (Lipinski definition) is 2. The highest BCUT2D eigenvalue weighted by molar-refractivity contribution is 7.80. The van der Waals surface area contributed by atoms with Gasteiger partial charge in [-0.05, 0) is 66.1 Å². The average molecular weight is 587 g/mol. The molecule has 0 spiro atoms. The number of nitrogens with zero attached hydrogens (tertiary/aromatic N) is 3. The van der Waals surface area contributed by atoms with Crippen molar-refractivity contribution in [2.24, 2.45) is 0 Å². The third kappa shape index (κ3) is 5.16. The van der Waals surface area contributed by atoms with Crippen LogP contribution in [0.2, 0.25) is 10.0 Å². The van der Waals surface area contributed by atoms with E-state index in [0.29, 0.717) is 21.7 Å². The molecule has 40 heavy (non-hydrogen) atoms. The van der Waals surface area contributed by atoms with Gasteiger partial charge in [0, 0.05) is 47.1 Å². The largest absolute Gasteiger partial charge is 0.352 e. The predicted octanol–water partition coefficient (Wildman–Crippen LogP) is 7.33. The zero-order chi connectivity index (χ0) is 27.6. The van der Waals surface area contributed by atoms with Gasteiger partial charge in [-0.1, -0.05) is 65.7 Å². The fourth-order valence-electron chi connectivity index (χ4n) is 5.27. The lowest BCUT2D eigenvalue weighted by Gasteiger charge is -2.29. The molecule has 0 bridgehead atoms. The van der Waals surface area contributed by atoms with Crippen molar-refractivity contribution in [1.29, 1.82) is 0 Å². The number of amides is 1. The number of rotatable bonds is 7. The highest BCUT2D eigenvalue weighted by Gasteiger charge is 2.41. The lowest BCUT2D eigenvalue weighted by atomic mass is 10.0. The Morgan fingerprint density at radius 1 is 0.975 bits per heavy atom. The first-order valence-electron chi connectivity index (χ1n) is 12.9. The van der Waals surface area contributed by atoms with Crippen LogP contribution in [0.15, 0.2) is 103 Å². The zero-order valence-corrected chi connectivity index (χ0v) is 23.6. The average Bonchev–Trinajstić information content (AvgIpc) is 3.56. The maximum atomic E-state index is 13.2. The second-order valence-electron chi connectivity index (χ2n) is 9.54. The van der Waals surface area contributed by atoms with Gasteiger partial charge in [-0.2, -0.15) is 0 Å². The van der Waals surface area contributed by atoms with Crippen molar-refractivity contribution in [2.75, 3.05) is 11.9 Å². The lowest BCUT2D eigenvalue weighted by Crippen LogP contribution is -2.33. The third-order valence-electron chi connectivity index (χ3n) is 7.09. The van der Waals surface area contributed by atoms with Crippen LogP contribution in [-0.4, -0.2) is 32.0 Å². The van der Waals surface area contributed by atoms with E-state index in [1.165, 1.54) is 0 Å². The number of pyridine rings is 1. The number of aromatic nitrogens is 2. The number of benzene rings is 3. The summed E-state index contributed by atoms with van der Waals surface area (Å²) in [7, 11) is 0. The van der Waals surface area contributed by atoms with Crippen molar-refractivity contribution in [1.82, 2.24) is 19.8 Å². The summed E-state index contributed by atoms with van der Waals surface area (Å²) in [5.41, 5.74) is 3.41. The second-order valence-corrected chi connectivity index (χ2v) is 10.8. The van der Waals surface area contributed by atoms with Gasteiger partial charge in [0.15, 0.2) is 5.11 Å². The van der Waals surface area contributed by atoms with Gasteiger partial charge >= 0.3 is 0 Å². The summed E-state index contributed by atoms with van der Waals surface area (Å²) in [6.45, 7) is 0.413. The Hall–Kier alpha value is -3.91. The molecule has 6 nitrogen and oxygen atoms in total. The van der Waals surface area contributed by atoms with Crippen LogP contribution in [0.3, 0.4) is 0 Å². The first-order valence-corrected chi connectivity index (χ1v) is 14.0. The molecule has 1 fully saturated rings. The quantitative estimate of drug-likeness (QED) is 0.196. The van der Waals surface area contributed by atoms with Gasteiger partial charge < -0.3 is 20.1 Å². The maximum absolute atomic E-state index is 13.2. The molecule has 1 saturated heterocycles. The van der Waals surface area contributed by atoms with Crippen LogP contribution in [-0.2, 0) is 4.79 Å². The summed E-state index contributed by atoms with van der Waals surface area (Å²) in [6.07, 6.45) is 3.98. The molecule has 6 rings (SSSR count). The molecule has 1 aliphatic heterocycles. The Labute approximate surface area is 247 Å². The Balaban J connectivity index is 1.30. The van der Waals surface area contributed by atoms with Crippen LogP contribution >= 0.6 is 35.4 Å². The summed E-state index contributed by atoms with van der Waals surface area (Å²) in [5.74, 6) is -0.0877. The van der Waals surface area contributed by atoms with E-state index in [-0.39, 0.29) is 24.4 Å². The summed E-state index contributed by atoms with van der Waals surface area (Å²) in [6, 6.07) is 28.7. The second kappa shape index (κ2) is 11.3. The van der Waals surface area contributed by atoms with Crippen LogP contribution in [0, 0.1) is 0 Å². The number of carbonyl (C=O) groups excluding carboxylic acids is 1. The number of thiocarbonyl (C=S) groups is 1. The van der Waals surface area contributed by atoms with Crippen molar-refractivity contribution >= 4 is 62.9 Å². The van der Waals surface area contributed by atoms with Gasteiger partial charge in [-0.3, -0.25) is 9.78 Å². The molecule has 0 unspecified atom stereocenters. The summed E-state index contributed by atoms with van der Waals surface area (Å²) in [5, 5.41) is 10.3. The number of carbonyl (C=O) groups is 1. The molecule has 5 aromatic rings. The highest BCUT2D eigenvalue weighted by Crippen LogP contribution is 2.40. The van der Waals surface area contributed by atoms with Crippen molar-refractivity contribution < 1.29 is 4.79 Å². The molecular formula is C31H25Cl2N5OS. The van der Waals surface area contributed by atoms with E-state index in [4.69, 9.17) is 35.4 Å². The number of fused-ring (bicyclic) bond motifs is 1. The van der Waals surface area contributed by atoms with Crippen LogP contribution in [0.25, 0.3) is 16.5 Å². The van der Waals surface area contributed by atoms with Gasteiger partial charge in [0.1, 0.15) is 0 Å². The molecular weight excluding hydrogens is 561 g/mol. The van der Waals surface area contributed by atoms with Crippen molar-refractivity contribution in [3.8, 4) is 5.69 Å². The molecule has 3 aromatic carbocycles. The molecule has 0 aliphatic carbocycles. The minimum Gasteiger partial charge on any atom is -0.352 e. The number of nitrogens with one attached hydrogen (secondary N) is 2. The summed E-state index contributed by atoms with van der Waals surface area (Å²) < 4.78 is 2.04. The highest BCUT2D eigenvalue weighted by atomic mass is 35.5. The minimum absolute atomic E-state index is 0.0877. The van der Waals surface area contributed by atoms with E-state index in [1.54, 1.807) is 12.3 Å². The van der Waals surface area contributed by atoms with Crippen molar-refractivity contribution in [3.05, 3.63) is 125 Å². The zero-order valence-electron chi connectivity index (χ0n) is 21.3. The molecule has 1 aliphatic rings. The van der Waals surface area contributed by atoms with Gasteiger partial charge in [-0.25, -0.2) is 0 Å². The van der Waals surface area contributed by atoms with Gasteiger partial charge in [-0.15, -0.1) is 0 Å². The summed E-state index contributed by atoms with van der Waals surface area (Å²) >= 11 is 18.6. The molecule has 0 radical (unpaired) electrons. The first kappa shape index (κ1) is 26.3. The summed E-state index contributed by atoms with van der Waals surface area (Å²) in [4.78, 5) is 19.9. The topological polar surface area (TPSA) is 62.2 Å². The number of hydrogen-bond acceptors (Lipinski definition) is 3. The van der Waals surface area contributed by atoms with E-state index < -0.39 is 0 Å². The lowest BCUT2D eigenvalue weighted by molar-refractivity contribution is -0.116. The first-order chi connectivity index (χ1) is 19.5. The number of anilines is 1. The molecule has 0 saturated carbocycles. The van der Waals surface area contributed by atoms with Gasteiger partial charge in [0.2, 0.25) is 5.91 Å². The fourth-order valence-corrected chi connectivity index (χ4v) is 6.10. The molecule has 2 atom stereocenters. The van der Waals surface area contributed by atoms with Crippen LogP contribution in [0.1, 0.15) is 29.9 Å². The standard InChI is InChI=1S/C31H25Cl2N5OS/c32-21-13-14-26(23(33)19-21)37-17-6-12-27(37)30-29(25-10-3-4-16-34-25)36-31(40)38(30)18-15-28(39)35-24-11-5-8-20-7-1-2-9-22(20)24/h1-14,16-17,19,29-30H,15,18H2,(H,35,39)(H,36,40)/t29-,30+/m1/s1. The number of halogens is 2.